The summed E-state index contributed by atoms with van der Waals surface area (Å²) in [7, 11) is 0. The van der Waals surface area contributed by atoms with Crippen LogP contribution in [0.15, 0.2) is 12.1 Å². The number of carbonyl (C=O) groups is 1. The average Bonchev–Trinajstić information content (AvgIpc) is 2.56. The number of nitrogens with zero attached hydrogens (tertiary/aromatic N) is 1. The van der Waals surface area contributed by atoms with Gasteiger partial charge >= 0.3 is 0 Å². The van der Waals surface area contributed by atoms with Gasteiger partial charge in [0.25, 0.3) is 5.91 Å². The molecule has 0 saturated carbocycles. The first-order valence-corrected chi connectivity index (χ1v) is 6.51. The van der Waals surface area contributed by atoms with Crippen molar-refractivity contribution in [2.24, 2.45) is 0 Å². The Morgan fingerprint density at radius 3 is 2.65 bits per heavy atom. The Bertz CT molecular complexity index is 531. The van der Waals surface area contributed by atoms with Crippen molar-refractivity contribution in [1.82, 2.24) is 10.2 Å². The van der Waals surface area contributed by atoms with Crippen molar-refractivity contribution in [3.05, 3.63) is 35.1 Å². The summed E-state index contributed by atoms with van der Waals surface area (Å²) < 4.78 is 39.9. The van der Waals surface area contributed by atoms with Gasteiger partial charge in [-0.25, -0.2) is 13.2 Å². The number of rotatable bonds is 1. The van der Waals surface area contributed by atoms with Gasteiger partial charge in [0.1, 0.15) is 0 Å². The van der Waals surface area contributed by atoms with Crippen LogP contribution in [0.25, 0.3) is 0 Å². The molecular formula is C14H17F3N2O. The standard InChI is InChI=1S/C14H17F3N2O/c1-14(2)8-18-6-3-7-19(14)13(20)9-4-5-10(15)12(17)11(9)16/h4-5,18H,3,6-8H2,1-2H3. The number of benzene rings is 1. The van der Waals surface area contributed by atoms with Crippen molar-refractivity contribution < 1.29 is 18.0 Å². The van der Waals surface area contributed by atoms with Crippen LogP contribution in [0.4, 0.5) is 13.2 Å². The molecular weight excluding hydrogens is 269 g/mol. The van der Waals surface area contributed by atoms with Crippen LogP contribution in [0.2, 0.25) is 0 Å². The van der Waals surface area contributed by atoms with E-state index in [0.29, 0.717) is 13.1 Å². The molecule has 0 radical (unpaired) electrons. The summed E-state index contributed by atoms with van der Waals surface area (Å²) in [6, 6.07) is 1.76. The third kappa shape index (κ3) is 2.65. The minimum atomic E-state index is -1.61. The van der Waals surface area contributed by atoms with Gasteiger partial charge in [-0.15, -0.1) is 0 Å². The fourth-order valence-electron chi connectivity index (χ4n) is 2.37. The van der Waals surface area contributed by atoms with Gasteiger partial charge < -0.3 is 10.2 Å². The van der Waals surface area contributed by atoms with Gasteiger partial charge in [-0.1, -0.05) is 0 Å². The van der Waals surface area contributed by atoms with E-state index in [4.69, 9.17) is 0 Å². The Hall–Kier alpha value is -1.56. The molecule has 3 nitrogen and oxygen atoms in total. The summed E-state index contributed by atoms with van der Waals surface area (Å²) in [5.74, 6) is -4.95. The molecule has 1 saturated heterocycles. The Morgan fingerprint density at radius 2 is 1.95 bits per heavy atom. The normalized spacial score (nSPS) is 18.8. The fraction of sp³-hybridized carbons (Fsp3) is 0.500. The molecule has 0 aromatic heterocycles. The van der Waals surface area contributed by atoms with Crippen molar-refractivity contribution in [1.29, 1.82) is 0 Å². The highest BCUT2D eigenvalue weighted by molar-refractivity contribution is 5.95. The second-order valence-electron chi connectivity index (χ2n) is 5.52. The van der Waals surface area contributed by atoms with Gasteiger partial charge in [0.2, 0.25) is 0 Å². The van der Waals surface area contributed by atoms with Crippen LogP contribution in [0.3, 0.4) is 0 Å². The molecule has 0 spiro atoms. The molecule has 0 aliphatic carbocycles. The molecule has 1 heterocycles. The second-order valence-corrected chi connectivity index (χ2v) is 5.52. The molecule has 20 heavy (non-hydrogen) atoms. The van der Waals surface area contributed by atoms with Crippen molar-refractivity contribution >= 4 is 5.91 Å². The van der Waals surface area contributed by atoms with E-state index in [-0.39, 0.29) is 0 Å². The van der Waals surface area contributed by atoms with Gasteiger partial charge in [-0.3, -0.25) is 4.79 Å². The molecule has 0 unspecified atom stereocenters. The lowest BCUT2D eigenvalue weighted by atomic mass is 10.0. The van der Waals surface area contributed by atoms with Crippen LogP contribution in [0.1, 0.15) is 30.6 Å². The minimum Gasteiger partial charge on any atom is -0.332 e. The first-order chi connectivity index (χ1) is 9.34. The van der Waals surface area contributed by atoms with Gasteiger partial charge in [0.15, 0.2) is 17.5 Å². The van der Waals surface area contributed by atoms with E-state index >= 15 is 0 Å². The maximum atomic E-state index is 13.7. The van der Waals surface area contributed by atoms with E-state index in [2.05, 4.69) is 5.32 Å². The van der Waals surface area contributed by atoms with Crippen LogP contribution < -0.4 is 5.32 Å². The zero-order valence-corrected chi connectivity index (χ0v) is 11.5. The zero-order valence-electron chi connectivity index (χ0n) is 11.5. The van der Waals surface area contributed by atoms with E-state index in [1.165, 1.54) is 4.90 Å². The number of carbonyl (C=O) groups excluding carboxylic acids is 1. The smallest absolute Gasteiger partial charge is 0.257 e. The number of hydrogen-bond donors (Lipinski definition) is 1. The van der Waals surface area contributed by atoms with E-state index in [9.17, 15) is 18.0 Å². The first kappa shape index (κ1) is 14.8. The molecule has 110 valence electrons. The monoisotopic (exact) mass is 286 g/mol. The Kier molecular flexibility index (Phi) is 4.04. The second kappa shape index (κ2) is 5.44. The third-order valence-corrected chi connectivity index (χ3v) is 3.53. The largest absolute Gasteiger partial charge is 0.332 e. The molecule has 1 aromatic rings. The molecule has 1 aromatic carbocycles. The maximum absolute atomic E-state index is 13.7. The molecule has 1 N–H and O–H groups in total. The summed E-state index contributed by atoms with van der Waals surface area (Å²) in [5.41, 5.74) is -0.955. The van der Waals surface area contributed by atoms with Crippen LogP contribution >= 0.6 is 0 Å². The van der Waals surface area contributed by atoms with E-state index in [0.717, 1.165) is 25.1 Å². The molecule has 1 aliphatic rings. The molecule has 2 rings (SSSR count). The Balaban J connectivity index is 2.37. The quantitative estimate of drug-likeness (QED) is 0.804. The van der Waals surface area contributed by atoms with Crippen molar-refractivity contribution in [2.75, 3.05) is 19.6 Å². The number of hydrogen-bond acceptors (Lipinski definition) is 2. The lowest BCUT2D eigenvalue weighted by Gasteiger charge is -2.37. The van der Waals surface area contributed by atoms with E-state index in [1.807, 2.05) is 13.8 Å². The summed E-state index contributed by atoms with van der Waals surface area (Å²) >= 11 is 0. The SMILES string of the molecule is CC1(C)CNCCCN1C(=O)c1ccc(F)c(F)c1F. The molecule has 1 fully saturated rings. The Morgan fingerprint density at radius 1 is 1.25 bits per heavy atom. The van der Waals surface area contributed by atoms with Gasteiger partial charge in [-0.05, 0) is 38.9 Å². The lowest BCUT2D eigenvalue weighted by molar-refractivity contribution is 0.0572. The van der Waals surface area contributed by atoms with Crippen LogP contribution in [-0.4, -0.2) is 36.0 Å². The molecule has 0 bridgehead atoms. The number of amides is 1. The van der Waals surface area contributed by atoms with Crippen LogP contribution in [-0.2, 0) is 0 Å². The average molecular weight is 286 g/mol. The first-order valence-electron chi connectivity index (χ1n) is 6.51. The lowest BCUT2D eigenvalue weighted by Crippen LogP contribution is -2.51. The number of halogens is 3. The number of nitrogens with one attached hydrogen (secondary N) is 1. The maximum Gasteiger partial charge on any atom is 0.257 e. The topological polar surface area (TPSA) is 32.3 Å². The van der Waals surface area contributed by atoms with Crippen molar-refractivity contribution in [2.45, 2.75) is 25.8 Å². The highest BCUT2D eigenvalue weighted by Gasteiger charge is 2.34. The zero-order chi connectivity index (χ0) is 14.9. The Labute approximate surface area is 115 Å². The summed E-state index contributed by atoms with van der Waals surface area (Å²) in [6.07, 6.45) is 0.723. The van der Waals surface area contributed by atoms with Crippen molar-refractivity contribution in [3.8, 4) is 0 Å². The summed E-state index contributed by atoms with van der Waals surface area (Å²) in [4.78, 5) is 13.9. The molecule has 1 amide bonds. The predicted octanol–water partition coefficient (Wildman–Crippen LogP) is 2.32. The summed E-state index contributed by atoms with van der Waals surface area (Å²) in [5, 5.41) is 3.19. The molecule has 1 aliphatic heterocycles. The van der Waals surface area contributed by atoms with Gasteiger partial charge in [-0.2, -0.15) is 0 Å². The third-order valence-electron chi connectivity index (χ3n) is 3.53. The molecule has 0 atom stereocenters. The van der Waals surface area contributed by atoms with Crippen LogP contribution in [0.5, 0.6) is 0 Å². The van der Waals surface area contributed by atoms with E-state index in [1.54, 1.807) is 0 Å². The fourth-order valence-corrected chi connectivity index (χ4v) is 2.37. The van der Waals surface area contributed by atoms with E-state index < -0.39 is 34.5 Å². The highest BCUT2D eigenvalue weighted by Crippen LogP contribution is 2.23. The van der Waals surface area contributed by atoms with Gasteiger partial charge in [0, 0.05) is 18.6 Å². The molecule has 6 heteroatoms. The highest BCUT2D eigenvalue weighted by atomic mass is 19.2. The predicted molar refractivity (Wildman–Crippen MR) is 68.9 cm³/mol. The minimum absolute atomic E-state index is 0.432. The van der Waals surface area contributed by atoms with Crippen molar-refractivity contribution in [3.63, 3.8) is 0 Å². The summed E-state index contributed by atoms with van der Waals surface area (Å²) in [6.45, 7) is 5.46. The van der Waals surface area contributed by atoms with Gasteiger partial charge in [0.05, 0.1) is 5.56 Å². The van der Waals surface area contributed by atoms with Crippen LogP contribution in [0, 0.1) is 17.5 Å².